The van der Waals surface area contributed by atoms with Crippen molar-refractivity contribution in [2.45, 2.75) is 13.5 Å². The van der Waals surface area contributed by atoms with Crippen LogP contribution in [-0.4, -0.2) is 10.9 Å². The number of aromatic nitrogens is 1. The van der Waals surface area contributed by atoms with Crippen LogP contribution in [0.25, 0.3) is 0 Å². The predicted molar refractivity (Wildman–Crippen MR) is 79.3 cm³/mol. The van der Waals surface area contributed by atoms with Crippen LogP contribution in [0, 0.1) is 6.92 Å². The molecule has 3 nitrogen and oxygen atoms in total. The summed E-state index contributed by atoms with van der Waals surface area (Å²) in [6.07, 6.45) is 0. The molecule has 2 aromatic rings. The van der Waals surface area contributed by atoms with E-state index in [2.05, 4.69) is 26.2 Å². The topological polar surface area (TPSA) is 42.0 Å². The standard InChI is InChI=1S/C14H12BrClN2O/c1-9-3-2-4-11(18-9)8-17-14(19)10-5-6-12(15)13(16)7-10/h2-7H,8H2,1H3,(H,17,19). The van der Waals surface area contributed by atoms with Crippen LogP contribution >= 0.6 is 27.5 Å². The Hall–Kier alpha value is -1.39. The van der Waals surface area contributed by atoms with Crippen molar-refractivity contribution in [3.05, 3.63) is 62.8 Å². The number of rotatable bonds is 3. The molecule has 0 saturated heterocycles. The highest BCUT2D eigenvalue weighted by Gasteiger charge is 2.07. The minimum atomic E-state index is -0.169. The van der Waals surface area contributed by atoms with Crippen molar-refractivity contribution in [2.75, 3.05) is 0 Å². The third-order valence-corrected chi connectivity index (χ3v) is 3.79. The fraction of sp³-hybridized carbons (Fsp3) is 0.143. The molecule has 98 valence electrons. The van der Waals surface area contributed by atoms with Crippen LogP contribution in [0.2, 0.25) is 5.02 Å². The van der Waals surface area contributed by atoms with Crippen LogP contribution < -0.4 is 5.32 Å². The first-order chi connectivity index (χ1) is 9.06. The summed E-state index contributed by atoms with van der Waals surface area (Å²) in [6, 6.07) is 10.8. The number of nitrogens with one attached hydrogen (secondary N) is 1. The number of aryl methyl sites for hydroxylation is 1. The van der Waals surface area contributed by atoms with E-state index in [4.69, 9.17) is 11.6 Å². The molecule has 19 heavy (non-hydrogen) atoms. The van der Waals surface area contributed by atoms with Gasteiger partial charge in [0, 0.05) is 15.7 Å². The Morgan fingerprint density at radius 2 is 2.16 bits per heavy atom. The van der Waals surface area contributed by atoms with E-state index in [0.29, 0.717) is 17.1 Å². The lowest BCUT2D eigenvalue weighted by molar-refractivity contribution is 0.0950. The average molecular weight is 340 g/mol. The smallest absolute Gasteiger partial charge is 0.251 e. The second kappa shape index (κ2) is 6.17. The molecule has 0 saturated carbocycles. The van der Waals surface area contributed by atoms with Gasteiger partial charge in [-0.25, -0.2) is 0 Å². The van der Waals surface area contributed by atoms with Gasteiger partial charge in [0.15, 0.2) is 0 Å². The first-order valence-electron chi connectivity index (χ1n) is 5.72. The van der Waals surface area contributed by atoms with E-state index < -0.39 is 0 Å². The fourth-order valence-electron chi connectivity index (χ4n) is 1.61. The van der Waals surface area contributed by atoms with E-state index in [1.165, 1.54) is 0 Å². The number of halogens is 2. The van der Waals surface area contributed by atoms with Gasteiger partial charge in [0.05, 0.1) is 17.3 Å². The highest BCUT2D eigenvalue weighted by Crippen LogP contribution is 2.23. The molecule has 1 N–H and O–H groups in total. The lowest BCUT2D eigenvalue weighted by Gasteiger charge is -2.06. The van der Waals surface area contributed by atoms with Crippen molar-refractivity contribution in [1.29, 1.82) is 0 Å². The Morgan fingerprint density at radius 3 is 2.84 bits per heavy atom. The molecule has 0 aliphatic carbocycles. The molecule has 0 aliphatic heterocycles. The first-order valence-corrected chi connectivity index (χ1v) is 6.89. The van der Waals surface area contributed by atoms with E-state index in [0.717, 1.165) is 15.9 Å². The van der Waals surface area contributed by atoms with E-state index in [1.807, 2.05) is 25.1 Å². The van der Waals surface area contributed by atoms with E-state index in [9.17, 15) is 4.79 Å². The number of pyridine rings is 1. The quantitative estimate of drug-likeness (QED) is 0.925. The molecule has 0 spiro atoms. The number of nitrogens with zero attached hydrogens (tertiary/aromatic N) is 1. The van der Waals surface area contributed by atoms with Crippen molar-refractivity contribution in [1.82, 2.24) is 10.3 Å². The number of hydrogen-bond acceptors (Lipinski definition) is 2. The van der Waals surface area contributed by atoms with Gasteiger partial charge < -0.3 is 5.32 Å². The van der Waals surface area contributed by atoms with Crippen molar-refractivity contribution in [3.63, 3.8) is 0 Å². The summed E-state index contributed by atoms with van der Waals surface area (Å²) in [5.41, 5.74) is 2.29. The second-order valence-corrected chi connectivity index (χ2v) is 5.34. The summed E-state index contributed by atoms with van der Waals surface area (Å²) in [4.78, 5) is 16.3. The van der Waals surface area contributed by atoms with Gasteiger partial charge in [-0.05, 0) is 53.2 Å². The van der Waals surface area contributed by atoms with Crippen molar-refractivity contribution >= 4 is 33.4 Å². The molecule has 1 heterocycles. The van der Waals surface area contributed by atoms with E-state index in [1.54, 1.807) is 18.2 Å². The Kier molecular flexibility index (Phi) is 4.56. The molecular weight excluding hydrogens is 328 g/mol. The molecule has 0 bridgehead atoms. The van der Waals surface area contributed by atoms with Gasteiger partial charge in [-0.2, -0.15) is 0 Å². The molecule has 1 amide bonds. The summed E-state index contributed by atoms with van der Waals surface area (Å²) < 4.78 is 0.770. The zero-order valence-electron chi connectivity index (χ0n) is 10.3. The minimum absolute atomic E-state index is 0.169. The predicted octanol–water partition coefficient (Wildman–Crippen LogP) is 3.74. The summed E-state index contributed by atoms with van der Waals surface area (Å²) >= 11 is 9.25. The monoisotopic (exact) mass is 338 g/mol. The van der Waals surface area contributed by atoms with Crippen LogP contribution in [-0.2, 0) is 6.54 Å². The number of carbonyl (C=O) groups is 1. The van der Waals surface area contributed by atoms with Gasteiger partial charge in [0.25, 0.3) is 5.91 Å². The Morgan fingerprint density at radius 1 is 1.37 bits per heavy atom. The normalized spacial score (nSPS) is 10.3. The number of benzene rings is 1. The molecule has 1 aromatic carbocycles. The molecule has 0 atom stereocenters. The zero-order chi connectivity index (χ0) is 13.8. The van der Waals surface area contributed by atoms with Crippen LogP contribution in [0.1, 0.15) is 21.7 Å². The Labute approximate surface area is 125 Å². The summed E-state index contributed by atoms with van der Waals surface area (Å²) in [6.45, 7) is 2.31. The molecule has 5 heteroatoms. The van der Waals surface area contributed by atoms with E-state index in [-0.39, 0.29) is 5.91 Å². The van der Waals surface area contributed by atoms with Gasteiger partial charge in [-0.3, -0.25) is 9.78 Å². The Bertz CT molecular complexity index is 616. The molecule has 0 fully saturated rings. The molecule has 0 radical (unpaired) electrons. The number of carbonyl (C=O) groups excluding carboxylic acids is 1. The molecule has 2 rings (SSSR count). The maximum Gasteiger partial charge on any atom is 0.251 e. The van der Waals surface area contributed by atoms with Crippen LogP contribution in [0.3, 0.4) is 0 Å². The third kappa shape index (κ3) is 3.78. The van der Waals surface area contributed by atoms with Crippen molar-refractivity contribution < 1.29 is 4.79 Å². The van der Waals surface area contributed by atoms with E-state index >= 15 is 0 Å². The first kappa shape index (κ1) is 14.0. The molecular formula is C14H12BrClN2O. The zero-order valence-corrected chi connectivity index (χ0v) is 12.6. The van der Waals surface area contributed by atoms with Crippen LogP contribution in [0.5, 0.6) is 0 Å². The largest absolute Gasteiger partial charge is 0.346 e. The highest BCUT2D eigenvalue weighted by atomic mass is 79.9. The fourth-order valence-corrected chi connectivity index (χ4v) is 2.04. The summed E-state index contributed by atoms with van der Waals surface area (Å²) in [7, 11) is 0. The average Bonchev–Trinajstić information content (AvgIpc) is 2.39. The minimum Gasteiger partial charge on any atom is -0.346 e. The van der Waals surface area contributed by atoms with Gasteiger partial charge in [0.2, 0.25) is 0 Å². The highest BCUT2D eigenvalue weighted by molar-refractivity contribution is 9.10. The third-order valence-electron chi connectivity index (χ3n) is 2.56. The maximum atomic E-state index is 12.0. The van der Waals surface area contributed by atoms with Crippen LogP contribution in [0.15, 0.2) is 40.9 Å². The molecule has 1 aromatic heterocycles. The maximum absolute atomic E-state index is 12.0. The van der Waals surface area contributed by atoms with Gasteiger partial charge >= 0.3 is 0 Å². The van der Waals surface area contributed by atoms with Gasteiger partial charge in [0.1, 0.15) is 0 Å². The van der Waals surface area contributed by atoms with Gasteiger partial charge in [-0.15, -0.1) is 0 Å². The summed E-state index contributed by atoms with van der Waals surface area (Å²) in [5.74, 6) is -0.169. The Balaban J connectivity index is 2.03. The molecule has 0 unspecified atom stereocenters. The lowest BCUT2D eigenvalue weighted by Crippen LogP contribution is -2.23. The summed E-state index contributed by atoms with van der Waals surface area (Å²) in [5, 5.41) is 3.33. The van der Waals surface area contributed by atoms with Gasteiger partial charge in [-0.1, -0.05) is 17.7 Å². The lowest BCUT2D eigenvalue weighted by atomic mass is 10.2. The van der Waals surface area contributed by atoms with Crippen molar-refractivity contribution in [3.8, 4) is 0 Å². The van der Waals surface area contributed by atoms with Crippen molar-refractivity contribution in [2.24, 2.45) is 0 Å². The SMILES string of the molecule is Cc1cccc(CNC(=O)c2ccc(Br)c(Cl)c2)n1. The second-order valence-electron chi connectivity index (χ2n) is 4.08. The van der Waals surface area contributed by atoms with Crippen LogP contribution in [0.4, 0.5) is 0 Å². The number of amides is 1. The molecule has 0 aliphatic rings. The number of hydrogen-bond donors (Lipinski definition) is 1.